The predicted octanol–water partition coefficient (Wildman–Crippen LogP) is 4.82. The van der Waals surface area contributed by atoms with Crippen LogP contribution < -0.4 is 14.8 Å². The molecule has 0 aromatic heterocycles. The van der Waals surface area contributed by atoms with Gasteiger partial charge >= 0.3 is 0 Å². The van der Waals surface area contributed by atoms with Crippen LogP contribution in [0, 0.1) is 0 Å². The Labute approximate surface area is 190 Å². The average molecular weight is 503 g/mol. The number of sulfonamides is 1. The summed E-state index contributed by atoms with van der Waals surface area (Å²) < 4.78 is 33.1. The van der Waals surface area contributed by atoms with E-state index in [1.54, 1.807) is 12.1 Å². The smallest absolute Gasteiger partial charge is 0.262 e. The predicted molar refractivity (Wildman–Crippen MR) is 126 cm³/mol. The van der Waals surface area contributed by atoms with Gasteiger partial charge in [-0.1, -0.05) is 43.3 Å². The molecule has 0 heterocycles. The van der Waals surface area contributed by atoms with E-state index in [0.717, 1.165) is 15.6 Å². The van der Waals surface area contributed by atoms with Gasteiger partial charge < -0.3 is 10.1 Å². The fourth-order valence-corrected chi connectivity index (χ4v) is 4.43. The molecular weight excluding hydrogens is 480 g/mol. The molecule has 31 heavy (non-hydrogen) atoms. The molecule has 0 saturated carbocycles. The van der Waals surface area contributed by atoms with Crippen LogP contribution >= 0.6 is 15.9 Å². The van der Waals surface area contributed by atoms with Gasteiger partial charge in [-0.15, -0.1) is 0 Å². The molecule has 3 aromatic carbocycles. The second-order valence-electron chi connectivity index (χ2n) is 6.77. The van der Waals surface area contributed by atoms with Gasteiger partial charge in [0.2, 0.25) is 10.0 Å². The Balaban J connectivity index is 1.57. The summed E-state index contributed by atoms with van der Waals surface area (Å²) in [6, 6.07) is 21.6. The average Bonchev–Trinajstić information content (AvgIpc) is 2.78. The molecule has 0 fully saturated rings. The number of rotatable bonds is 9. The first kappa shape index (κ1) is 23.0. The van der Waals surface area contributed by atoms with Crippen LogP contribution in [0.4, 0.5) is 5.69 Å². The summed E-state index contributed by atoms with van der Waals surface area (Å²) in [4.78, 5) is 12.4. The third-order valence-electron chi connectivity index (χ3n) is 4.39. The Morgan fingerprint density at radius 3 is 2.32 bits per heavy atom. The van der Waals surface area contributed by atoms with E-state index in [9.17, 15) is 13.2 Å². The molecule has 0 atom stereocenters. The van der Waals surface area contributed by atoms with Gasteiger partial charge in [-0.2, -0.15) is 0 Å². The summed E-state index contributed by atoms with van der Waals surface area (Å²) in [5, 5.41) is 2.70. The molecule has 8 heteroatoms. The lowest BCUT2D eigenvalue weighted by molar-refractivity contribution is -0.118. The third-order valence-corrected chi connectivity index (χ3v) is 6.48. The molecule has 0 aliphatic carbocycles. The Kier molecular flexibility index (Phi) is 7.84. The van der Waals surface area contributed by atoms with E-state index in [1.807, 2.05) is 55.5 Å². The quantitative estimate of drug-likeness (QED) is 0.439. The lowest BCUT2D eigenvalue weighted by Crippen LogP contribution is -2.24. The van der Waals surface area contributed by atoms with Crippen molar-refractivity contribution < 1.29 is 17.9 Å². The molecule has 3 rings (SSSR count). The van der Waals surface area contributed by atoms with Gasteiger partial charge in [0, 0.05) is 12.2 Å². The number of carbonyl (C=O) groups excluding carboxylic acids is 1. The van der Waals surface area contributed by atoms with Gasteiger partial charge in [-0.25, -0.2) is 13.1 Å². The van der Waals surface area contributed by atoms with E-state index in [1.165, 1.54) is 12.1 Å². The van der Waals surface area contributed by atoms with Crippen molar-refractivity contribution in [1.82, 2.24) is 4.72 Å². The van der Waals surface area contributed by atoms with E-state index in [4.69, 9.17) is 4.74 Å². The molecule has 1 amide bonds. The Morgan fingerprint density at radius 2 is 1.68 bits per heavy atom. The summed E-state index contributed by atoms with van der Waals surface area (Å²) in [5.41, 5.74) is 2.61. The SMILES string of the molecule is CCCNS(=O)(=O)c1ccc(NC(=O)COc2ccc(-c3ccccc3)cc2Br)cc1. The monoisotopic (exact) mass is 502 g/mol. The van der Waals surface area contributed by atoms with Crippen molar-refractivity contribution in [2.45, 2.75) is 18.2 Å². The summed E-state index contributed by atoms with van der Waals surface area (Å²) in [6.45, 7) is 2.08. The fraction of sp³-hybridized carbons (Fsp3) is 0.174. The van der Waals surface area contributed by atoms with E-state index in [0.29, 0.717) is 24.4 Å². The highest BCUT2D eigenvalue weighted by molar-refractivity contribution is 9.10. The first-order valence-corrected chi connectivity index (χ1v) is 12.0. The van der Waals surface area contributed by atoms with Crippen molar-refractivity contribution in [2.75, 3.05) is 18.5 Å². The maximum absolute atomic E-state index is 12.2. The van der Waals surface area contributed by atoms with E-state index in [-0.39, 0.29) is 17.4 Å². The minimum atomic E-state index is -3.53. The maximum Gasteiger partial charge on any atom is 0.262 e. The molecule has 162 valence electrons. The van der Waals surface area contributed by atoms with Gasteiger partial charge in [-0.3, -0.25) is 4.79 Å². The van der Waals surface area contributed by atoms with Gasteiger partial charge in [-0.05, 0) is 69.9 Å². The molecule has 0 aliphatic rings. The highest BCUT2D eigenvalue weighted by Crippen LogP contribution is 2.30. The lowest BCUT2D eigenvalue weighted by atomic mass is 10.1. The van der Waals surface area contributed by atoms with Crippen LogP contribution in [-0.2, 0) is 14.8 Å². The number of nitrogens with one attached hydrogen (secondary N) is 2. The Hall–Kier alpha value is -2.68. The van der Waals surface area contributed by atoms with Crippen molar-refractivity contribution >= 4 is 37.5 Å². The van der Waals surface area contributed by atoms with Crippen LogP contribution in [0.2, 0.25) is 0 Å². The number of benzene rings is 3. The molecule has 0 saturated heterocycles. The highest BCUT2D eigenvalue weighted by atomic mass is 79.9. The highest BCUT2D eigenvalue weighted by Gasteiger charge is 2.13. The normalized spacial score (nSPS) is 11.2. The molecule has 3 aromatic rings. The second-order valence-corrected chi connectivity index (χ2v) is 9.39. The van der Waals surface area contributed by atoms with Crippen molar-refractivity contribution in [2.24, 2.45) is 0 Å². The molecule has 0 bridgehead atoms. The number of hydrogen-bond acceptors (Lipinski definition) is 4. The van der Waals surface area contributed by atoms with Gasteiger partial charge in [0.15, 0.2) is 6.61 Å². The Morgan fingerprint density at radius 1 is 0.968 bits per heavy atom. The van der Waals surface area contributed by atoms with Gasteiger partial charge in [0.05, 0.1) is 9.37 Å². The van der Waals surface area contributed by atoms with E-state index < -0.39 is 10.0 Å². The van der Waals surface area contributed by atoms with Crippen LogP contribution in [0.3, 0.4) is 0 Å². The number of halogens is 1. The molecule has 2 N–H and O–H groups in total. The van der Waals surface area contributed by atoms with Crippen LogP contribution in [0.5, 0.6) is 5.75 Å². The van der Waals surface area contributed by atoms with E-state index in [2.05, 4.69) is 26.0 Å². The zero-order chi connectivity index (χ0) is 22.3. The van der Waals surface area contributed by atoms with Crippen LogP contribution in [0.15, 0.2) is 82.2 Å². The first-order valence-electron chi connectivity index (χ1n) is 9.76. The molecule has 0 unspecified atom stereocenters. The van der Waals surface area contributed by atoms with Crippen molar-refractivity contribution in [3.63, 3.8) is 0 Å². The largest absolute Gasteiger partial charge is 0.483 e. The maximum atomic E-state index is 12.2. The van der Waals surface area contributed by atoms with Crippen LogP contribution in [0.1, 0.15) is 13.3 Å². The molecule has 0 spiro atoms. The zero-order valence-corrected chi connectivity index (χ0v) is 19.4. The lowest BCUT2D eigenvalue weighted by Gasteiger charge is -2.11. The van der Waals surface area contributed by atoms with Crippen LogP contribution in [-0.4, -0.2) is 27.5 Å². The number of anilines is 1. The minimum absolute atomic E-state index is 0.151. The first-order chi connectivity index (χ1) is 14.9. The number of hydrogen-bond donors (Lipinski definition) is 2. The molecule has 0 radical (unpaired) electrons. The van der Waals surface area contributed by atoms with Crippen LogP contribution in [0.25, 0.3) is 11.1 Å². The summed E-state index contributed by atoms with van der Waals surface area (Å²) >= 11 is 3.49. The van der Waals surface area contributed by atoms with Crippen molar-refractivity contribution in [3.8, 4) is 16.9 Å². The molecular formula is C23H23BrN2O4S. The third kappa shape index (κ3) is 6.40. The van der Waals surface area contributed by atoms with Gasteiger partial charge in [0.25, 0.3) is 5.91 Å². The number of amides is 1. The van der Waals surface area contributed by atoms with E-state index >= 15 is 0 Å². The molecule has 6 nitrogen and oxygen atoms in total. The standard InChI is InChI=1S/C23H23BrN2O4S/c1-2-14-25-31(28,29)20-11-9-19(10-12-20)26-23(27)16-30-22-13-8-18(15-21(22)24)17-6-4-3-5-7-17/h3-13,15,25H,2,14,16H2,1H3,(H,26,27). The summed E-state index contributed by atoms with van der Waals surface area (Å²) in [7, 11) is -3.53. The van der Waals surface area contributed by atoms with Crippen molar-refractivity contribution in [1.29, 1.82) is 0 Å². The minimum Gasteiger partial charge on any atom is -0.483 e. The fourth-order valence-electron chi connectivity index (χ4n) is 2.81. The molecule has 0 aliphatic heterocycles. The zero-order valence-electron chi connectivity index (χ0n) is 17.0. The topological polar surface area (TPSA) is 84.5 Å². The van der Waals surface area contributed by atoms with Crippen molar-refractivity contribution in [3.05, 3.63) is 77.3 Å². The summed E-state index contributed by atoms with van der Waals surface area (Å²) in [5.74, 6) is 0.206. The Bertz CT molecular complexity index is 1130. The van der Waals surface area contributed by atoms with Gasteiger partial charge in [0.1, 0.15) is 5.75 Å². The number of ether oxygens (including phenoxy) is 1. The number of carbonyl (C=O) groups is 1. The second kappa shape index (κ2) is 10.6. The summed E-state index contributed by atoms with van der Waals surface area (Å²) in [6.07, 6.45) is 0.707.